The van der Waals surface area contributed by atoms with Crippen molar-refractivity contribution in [3.05, 3.63) is 29.7 Å². The summed E-state index contributed by atoms with van der Waals surface area (Å²) in [5.74, 6) is -0.447. The van der Waals surface area contributed by atoms with E-state index in [4.69, 9.17) is 5.26 Å². The van der Waals surface area contributed by atoms with Gasteiger partial charge in [0.1, 0.15) is 24.0 Å². The van der Waals surface area contributed by atoms with Crippen LogP contribution in [-0.4, -0.2) is 25.5 Å². The number of nitrogens with one attached hydrogen (secondary N) is 1. The molecular formula is C11H9F3N6O. The molecule has 0 aliphatic rings. The first-order valence-electron chi connectivity index (χ1n) is 5.64. The van der Waals surface area contributed by atoms with Crippen molar-refractivity contribution in [1.82, 2.24) is 19.6 Å². The van der Waals surface area contributed by atoms with Crippen LogP contribution in [0, 0.1) is 11.3 Å². The van der Waals surface area contributed by atoms with E-state index in [1.54, 1.807) is 0 Å². The molecule has 0 saturated carbocycles. The van der Waals surface area contributed by atoms with E-state index >= 15 is 0 Å². The summed E-state index contributed by atoms with van der Waals surface area (Å²) in [5.41, 5.74) is -0.921. The predicted octanol–water partition coefficient (Wildman–Crippen LogP) is 1.15. The Labute approximate surface area is 116 Å². The summed E-state index contributed by atoms with van der Waals surface area (Å²) in [4.78, 5) is 11.8. The first-order valence-corrected chi connectivity index (χ1v) is 5.64. The number of nitriles is 1. The number of amides is 1. The SMILES string of the molecule is Cn1ncc(C#N)c1NC(=O)Cn1ccc(C(F)(F)F)n1. The van der Waals surface area contributed by atoms with Gasteiger partial charge in [-0.25, -0.2) is 0 Å². The van der Waals surface area contributed by atoms with Crippen LogP contribution in [0.1, 0.15) is 11.3 Å². The van der Waals surface area contributed by atoms with Gasteiger partial charge in [-0.15, -0.1) is 0 Å². The highest BCUT2D eigenvalue weighted by atomic mass is 19.4. The lowest BCUT2D eigenvalue weighted by molar-refractivity contribution is -0.141. The molecule has 0 atom stereocenters. The largest absolute Gasteiger partial charge is 0.435 e. The summed E-state index contributed by atoms with van der Waals surface area (Å²) < 4.78 is 39.3. The van der Waals surface area contributed by atoms with Crippen LogP contribution in [-0.2, 0) is 24.6 Å². The Morgan fingerprint density at radius 3 is 2.81 bits per heavy atom. The summed E-state index contributed by atoms with van der Waals surface area (Å²) in [5, 5.41) is 18.3. The number of carbonyl (C=O) groups is 1. The average molecular weight is 298 g/mol. The minimum atomic E-state index is -4.56. The van der Waals surface area contributed by atoms with Gasteiger partial charge >= 0.3 is 6.18 Å². The third-order valence-electron chi connectivity index (χ3n) is 2.55. The molecule has 2 rings (SSSR count). The number of halogens is 3. The number of aryl methyl sites for hydroxylation is 1. The third kappa shape index (κ3) is 3.19. The van der Waals surface area contributed by atoms with Crippen LogP contribution in [0.5, 0.6) is 0 Å². The average Bonchev–Trinajstić information content (AvgIpc) is 2.97. The van der Waals surface area contributed by atoms with Crippen LogP contribution in [0.25, 0.3) is 0 Å². The van der Waals surface area contributed by atoms with Crippen LogP contribution < -0.4 is 5.32 Å². The summed E-state index contributed by atoms with van der Waals surface area (Å²) in [6, 6.07) is 2.62. The van der Waals surface area contributed by atoms with Gasteiger partial charge in [0.25, 0.3) is 0 Å². The second kappa shape index (κ2) is 5.28. The van der Waals surface area contributed by atoms with Gasteiger partial charge in [-0.05, 0) is 6.07 Å². The Kier molecular flexibility index (Phi) is 3.66. The number of nitrogens with zero attached hydrogens (tertiary/aromatic N) is 5. The molecule has 1 N–H and O–H groups in total. The van der Waals surface area contributed by atoms with E-state index in [9.17, 15) is 18.0 Å². The van der Waals surface area contributed by atoms with E-state index in [-0.39, 0.29) is 11.4 Å². The summed E-state index contributed by atoms with van der Waals surface area (Å²) in [6.45, 7) is -0.411. The van der Waals surface area contributed by atoms with Gasteiger partial charge < -0.3 is 5.32 Å². The zero-order valence-corrected chi connectivity index (χ0v) is 10.7. The Balaban J connectivity index is 2.07. The fourth-order valence-corrected chi connectivity index (χ4v) is 1.59. The molecule has 0 fully saturated rings. The standard InChI is InChI=1S/C11H9F3N6O/c1-19-10(7(4-15)5-16-19)17-9(21)6-20-3-2-8(18-20)11(12,13)14/h2-3,5H,6H2,1H3,(H,17,21). The van der Waals surface area contributed by atoms with Gasteiger partial charge in [-0.3, -0.25) is 14.2 Å². The van der Waals surface area contributed by atoms with Gasteiger partial charge in [-0.2, -0.15) is 28.6 Å². The highest BCUT2D eigenvalue weighted by Crippen LogP contribution is 2.27. The summed E-state index contributed by atoms with van der Waals surface area (Å²) in [6.07, 6.45) is -2.24. The highest BCUT2D eigenvalue weighted by molar-refractivity contribution is 5.90. The molecule has 0 aliphatic heterocycles. The fraction of sp³-hybridized carbons (Fsp3) is 0.273. The minimum Gasteiger partial charge on any atom is -0.308 e. The number of hydrogen-bond acceptors (Lipinski definition) is 4. The van der Waals surface area contributed by atoms with Crippen LogP contribution in [0.2, 0.25) is 0 Å². The quantitative estimate of drug-likeness (QED) is 0.920. The molecule has 110 valence electrons. The molecule has 10 heteroatoms. The molecule has 0 aliphatic carbocycles. The Morgan fingerprint density at radius 2 is 2.24 bits per heavy atom. The van der Waals surface area contributed by atoms with E-state index in [1.807, 2.05) is 6.07 Å². The van der Waals surface area contributed by atoms with E-state index in [0.717, 1.165) is 16.9 Å². The Morgan fingerprint density at radius 1 is 1.52 bits per heavy atom. The van der Waals surface area contributed by atoms with E-state index in [2.05, 4.69) is 15.5 Å². The third-order valence-corrected chi connectivity index (χ3v) is 2.55. The number of hydrogen-bond donors (Lipinski definition) is 1. The normalized spacial score (nSPS) is 11.2. The van der Waals surface area contributed by atoms with Crippen molar-refractivity contribution >= 4 is 11.7 Å². The van der Waals surface area contributed by atoms with E-state index < -0.39 is 24.3 Å². The van der Waals surface area contributed by atoms with Gasteiger partial charge in [0.15, 0.2) is 5.69 Å². The number of anilines is 1. The van der Waals surface area contributed by atoms with Crippen LogP contribution >= 0.6 is 0 Å². The molecule has 2 heterocycles. The molecule has 0 aromatic carbocycles. The minimum absolute atomic E-state index is 0.155. The molecular weight excluding hydrogens is 289 g/mol. The zero-order valence-electron chi connectivity index (χ0n) is 10.7. The van der Waals surface area contributed by atoms with Gasteiger partial charge in [-0.1, -0.05) is 0 Å². The highest BCUT2D eigenvalue weighted by Gasteiger charge is 2.33. The summed E-state index contributed by atoms with van der Waals surface area (Å²) >= 11 is 0. The number of alkyl halides is 3. The van der Waals surface area contributed by atoms with Gasteiger partial charge in [0.2, 0.25) is 5.91 Å². The first-order chi connectivity index (χ1) is 9.81. The maximum atomic E-state index is 12.4. The lowest BCUT2D eigenvalue weighted by atomic mass is 10.3. The molecule has 0 bridgehead atoms. The molecule has 0 saturated heterocycles. The van der Waals surface area contributed by atoms with Crippen molar-refractivity contribution in [3.8, 4) is 6.07 Å². The van der Waals surface area contributed by atoms with Crippen LogP contribution in [0.3, 0.4) is 0 Å². The number of aromatic nitrogens is 4. The molecule has 0 unspecified atom stereocenters. The van der Waals surface area contributed by atoms with Crippen molar-refractivity contribution in [1.29, 1.82) is 5.26 Å². The zero-order chi connectivity index (χ0) is 15.6. The van der Waals surface area contributed by atoms with Crippen molar-refractivity contribution < 1.29 is 18.0 Å². The Bertz CT molecular complexity index is 708. The van der Waals surface area contributed by atoms with E-state index in [0.29, 0.717) is 0 Å². The fourth-order valence-electron chi connectivity index (χ4n) is 1.59. The molecule has 2 aromatic heterocycles. The molecule has 2 aromatic rings. The van der Waals surface area contributed by atoms with Crippen molar-refractivity contribution in [3.63, 3.8) is 0 Å². The number of rotatable bonds is 3. The Hall–Kier alpha value is -2.83. The van der Waals surface area contributed by atoms with Crippen LogP contribution in [0.4, 0.5) is 19.0 Å². The predicted molar refractivity (Wildman–Crippen MR) is 63.8 cm³/mol. The topological polar surface area (TPSA) is 88.5 Å². The second-order valence-electron chi connectivity index (χ2n) is 4.09. The van der Waals surface area contributed by atoms with Crippen molar-refractivity contribution in [2.45, 2.75) is 12.7 Å². The molecule has 21 heavy (non-hydrogen) atoms. The maximum absolute atomic E-state index is 12.4. The second-order valence-corrected chi connectivity index (χ2v) is 4.09. The molecule has 1 amide bonds. The van der Waals surface area contributed by atoms with Crippen LogP contribution in [0.15, 0.2) is 18.5 Å². The lowest BCUT2D eigenvalue weighted by Crippen LogP contribution is -2.21. The smallest absolute Gasteiger partial charge is 0.308 e. The van der Waals surface area contributed by atoms with Gasteiger partial charge in [0, 0.05) is 13.2 Å². The lowest BCUT2D eigenvalue weighted by Gasteiger charge is -2.06. The van der Waals surface area contributed by atoms with Crippen molar-refractivity contribution in [2.75, 3.05) is 5.32 Å². The van der Waals surface area contributed by atoms with Crippen molar-refractivity contribution in [2.24, 2.45) is 7.05 Å². The van der Waals surface area contributed by atoms with E-state index in [1.165, 1.54) is 17.9 Å². The van der Waals surface area contributed by atoms with Gasteiger partial charge in [0.05, 0.1) is 6.20 Å². The monoisotopic (exact) mass is 298 g/mol. The first kappa shape index (κ1) is 14.6. The number of carbonyl (C=O) groups excluding carboxylic acids is 1. The molecule has 0 spiro atoms. The molecule has 0 radical (unpaired) electrons. The maximum Gasteiger partial charge on any atom is 0.435 e. The molecule has 7 nitrogen and oxygen atoms in total. The summed E-state index contributed by atoms with van der Waals surface area (Å²) in [7, 11) is 1.52.